The number of benzene rings is 3. The molecule has 142 valence electrons. The van der Waals surface area contributed by atoms with Crippen molar-refractivity contribution in [3.63, 3.8) is 0 Å². The molecule has 0 aliphatic heterocycles. The highest BCUT2D eigenvalue weighted by Gasteiger charge is 1.99. The summed E-state index contributed by atoms with van der Waals surface area (Å²) in [5, 5.41) is 0. The van der Waals surface area contributed by atoms with Gasteiger partial charge >= 0.3 is 0 Å². The van der Waals surface area contributed by atoms with Gasteiger partial charge in [0.2, 0.25) is 0 Å². The normalized spacial score (nSPS) is 10.2. The van der Waals surface area contributed by atoms with Crippen molar-refractivity contribution in [2.45, 2.75) is 39.5 Å². The molecular weight excluding hydrogens is 340 g/mol. The lowest BCUT2D eigenvalue weighted by Gasteiger charge is -2.04. The standard InChI is InChI=1S/C27H28O/c1-3-5-21-28-27-19-13-24(14-20-27)8-7-23-11-17-26(18-12-23)25-15-9-22(6-4-2)10-16-25/h9-20H,3-6,21H2,1-2H3. The average molecular weight is 369 g/mol. The Morgan fingerprint density at radius 2 is 1.18 bits per heavy atom. The van der Waals surface area contributed by atoms with E-state index in [-0.39, 0.29) is 0 Å². The second-order valence-corrected chi connectivity index (χ2v) is 7.00. The van der Waals surface area contributed by atoms with Gasteiger partial charge in [-0.15, -0.1) is 0 Å². The fraction of sp³-hybridized carbons (Fsp3) is 0.259. The molecule has 0 N–H and O–H groups in total. The van der Waals surface area contributed by atoms with Gasteiger partial charge < -0.3 is 4.74 Å². The van der Waals surface area contributed by atoms with Gasteiger partial charge in [0.05, 0.1) is 6.61 Å². The molecule has 3 rings (SSSR count). The number of hydrogen-bond acceptors (Lipinski definition) is 1. The van der Waals surface area contributed by atoms with Gasteiger partial charge in [-0.25, -0.2) is 0 Å². The van der Waals surface area contributed by atoms with E-state index in [0.29, 0.717) is 0 Å². The highest BCUT2D eigenvalue weighted by Crippen LogP contribution is 2.21. The third-order valence-corrected chi connectivity index (χ3v) is 4.68. The zero-order valence-corrected chi connectivity index (χ0v) is 16.9. The summed E-state index contributed by atoms with van der Waals surface area (Å²) < 4.78 is 5.69. The summed E-state index contributed by atoms with van der Waals surface area (Å²) in [7, 11) is 0. The Hall–Kier alpha value is -2.98. The third kappa shape index (κ3) is 5.76. The lowest BCUT2D eigenvalue weighted by Crippen LogP contribution is -1.95. The molecule has 0 aromatic heterocycles. The number of hydrogen-bond donors (Lipinski definition) is 0. The van der Waals surface area contributed by atoms with Crippen molar-refractivity contribution in [3.05, 3.63) is 89.5 Å². The molecule has 0 saturated carbocycles. The largest absolute Gasteiger partial charge is 0.494 e. The summed E-state index contributed by atoms with van der Waals surface area (Å²) in [5.41, 5.74) is 5.89. The van der Waals surface area contributed by atoms with Crippen LogP contribution in [0.3, 0.4) is 0 Å². The molecule has 0 spiro atoms. The highest BCUT2D eigenvalue weighted by atomic mass is 16.5. The summed E-state index contributed by atoms with van der Waals surface area (Å²) in [6.07, 6.45) is 4.55. The summed E-state index contributed by atoms with van der Waals surface area (Å²) in [5.74, 6) is 7.39. The predicted molar refractivity (Wildman–Crippen MR) is 119 cm³/mol. The van der Waals surface area contributed by atoms with Gasteiger partial charge in [0.15, 0.2) is 0 Å². The van der Waals surface area contributed by atoms with E-state index in [1.807, 2.05) is 24.3 Å². The zero-order valence-electron chi connectivity index (χ0n) is 16.9. The van der Waals surface area contributed by atoms with Crippen LogP contribution in [0.4, 0.5) is 0 Å². The first-order valence-corrected chi connectivity index (χ1v) is 10.2. The van der Waals surface area contributed by atoms with Gasteiger partial charge in [0, 0.05) is 11.1 Å². The predicted octanol–water partition coefficient (Wildman–Crippen LogP) is 6.88. The lowest BCUT2D eigenvalue weighted by atomic mass is 10.0. The molecule has 0 atom stereocenters. The van der Waals surface area contributed by atoms with Crippen LogP contribution >= 0.6 is 0 Å². The Kier molecular flexibility index (Phi) is 7.33. The molecule has 1 heteroatoms. The first-order chi connectivity index (χ1) is 13.8. The van der Waals surface area contributed by atoms with E-state index in [2.05, 4.69) is 74.2 Å². The van der Waals surface area contributed by atoms with Crippen LogP contribution in [0.25, 0.3) is 11.1 Å². The Morgan fingerprint density at radius 1 is 0.643 bits per heavy atom. The first kappa shape index (κ1) is 19.8. The number of rotatable bonds is 7. The van der Waals surface area contributed by atoms with Crippen LogP contribution in [0.2, 0.25) is 0 Å². The van der Waals surface area contributed by atoms with Crippen molar-refractivity contribution in [2.75, 3.05) is 6.61 Å². The number of aryl methyl sites for hydroxylation is 1. The summed E-state index contributed by atoms with van der Waals surface area (Å²) in [4.78, 5) is 0. The third-order valence-electron chi connectivity index (χ3n) is 4.68. The van der Waals surface area contributed by atoms with E-state index >= 15 is 0 Å². The van der Waals surface area contributed by atoms with Crippen LogP contribution in [0, 0.1) is 11.8 Å². The molecule has 0 unspecified atom stereocenters. The molecular formula is C27H28O. The van der Waals surface area contributed by atoms with Crippen molar-refractivity contribution in [3.8, 4) is 28.7 Å². The molecule has 28 heavy (non-hydrogen) atoms. The van der Waals surface area contributed by atoms with Gasteiger partial charge in [-0.1, -0.05) is 74.9 Å². The minimum absolute atomic E-state index is 0.773. The molecule has 0 heterocycles. The number of ether oxygens (including phenoxy) is 1. The van der Waals surface area contributed by atoms with Gasteiger partial charge in [0.1, 0.15) is 5.75 Å². The van der Waals surface area contributed by atoms with Crippen LogP contribution < -0.4 is 4.74 Å². The summed E-state index contributed by atoms with van der Waals surface area (Å²) in [6, 6.07) is 25.3. The second kappa shape index (κ2) is 10.4. The molecule has 0 aliphatic carbocycles. The van der Waals surface area contributed by atoms with Gasteiger partial charge in [-0.05, 0) is 65.9 Å². The Balaban J connectivity index is 1.63. The van der Waals surface area contributed by atoms with Gasteiger partial charge in [-0.3, -0.25) is 0 Å². The summed E-state index contributed by atoms with van der Waals surface area (Å²) in [6.45, 7) is 5.15. The van der Waals surface area contributed by atoms with Crippen LogP contribution in [-0.4, -0.2) is 6.61 Å². The fourth-order valence-electron chi connectivity index (χ4n) is 3.01. The molecule has 1 nitrogen and oxygen atoms in total. The Bertz CT molecular complexity index is 907. The van der Waals surface area contributed by atoms with E-state index in [1.165, 1.54) is 23.1 Å². The Morgan fingerprint density at radius 3 is 1.71 bits per heavy atom. The first-order valence-electron chi connectivity index (χ1n) is 10.2. The number of unbranched alkanes of at least 4 members (excludes halogenated alkanes) is 1. The second-order valence-electron chi connectivity index (χ2n) is 7.00. The maximum atomic E-state index is 5.69. The Labute approximate surface area is 169 Å². The molecule has 3 aromatic carbocycles. The van der Waals surface area contributed by atoms with Crippen molar-refractivity contribution >= 4 is 0 Å². The topological polar surface area (TPSA) is 9.23 Å². The highest BCUT2D eigenvalue weighted by molar-refractivity contribution is 5.64. The summed E-state index contributed by atoms with van der Waals surface area (Å²) >= 11 is 0. The van der Waals surface area contributed by atoms with E-state index in [4.69, 9.17) is 4.74 Å². The SMILES string of the molecule is CCCCOc1ccc(C#Cc2ccc(-c3ccc(CCC)cc3)cc2)cc1. The van der Waals surface area contributed by atoms with E-state index in [9.17, 15) is 0 Å². The molecule has 0 aliphatic rings. The van der Waals surface area contributed by atoms with E-state index in [1.54, 1.807) is 0 Å². The van der Waals surface area contributed by atoms with Gasteiger partial charge in [-0.2, -0.15) is 0 Å². The maximum absolute atomic E-state index is 5.69. The van der Waals surface area contributed by atoms with Crippen molar-refractivity contribution in [2.24, 2.45) is 0 Å². The zero-order chi connectivity index (χ0) is 19.6. The molecule has 0 bridgehead atoms. The smallest absolute Gasteiger partial charge is 0.119 e. The molecule has 0 saturated heterocycles. The van der Waals surface area contributed by atoms with Crippen LogP contribution in [0.15, 0.2) is 72.8 Å². The molecule has 3 aromatic rings. The minimum atomic E-state index is 0.773. The van der Waals surface area contributed by atoms with Crippen molar-refractivity contribution in [1.29, 1.82) is 0 Å². The van der Waals surface area contributed by atoms with Gasteiger partial charge in [0.25, 0.3) is 0 Å². The lowest BCUT2D eigenvalue weighted by molar-refractivity contribution is 0.309. The van der Waals surface area contributed by atoms with Crippen LogP contribution in [0.5, 0.6) is 5.75 Å². The average Bonchev–Trinajstić information content (AvgIpc) is 2.75. The molecule has 0 radical (unpaired) electrons. The maximum Gasteiger partial charge on any atom is 0.119 e. The molecule has 0 amide bonds. The minimum Gasteiger partial charge on any atom is -0.494 e. The van der Waals surface area contributed by atoms with E-state index in [0.717, 1.165) is 42.7 Å². The van der Waals surface area contributed by atoms with Crippen molar-refractivity contribution < 1.29 is 4.74 Å². The van der Waals surface area contributed by atoms with Crippen LogP contribution in [-0.2, 0) is 6.42 Å². The van der Waals surface area contributed by atoms with Crippen LogP contribution in [0.1, 0.15) is 49.8 Å². The van der Waals surface area contributed by atoms with Crippen molar-refractivity contribution in [1.82, 2.24) is 0 Å². The quantitative estimate of drug-likeness (QED) is 0.326. The monoisotopic (exact) mass is 368 g/mol. The molecule has 0 fully saturated rings. The van der Waals surface area contributed by atoms with E-state index < -0.39 is 0 Å². The fourth-order valence-corrected chi connectivity index (χ4v) is 3.01.